The minimum absolute atomic E-state index is 0.281. The van der Waals surface area contributed by atoms with Gasteiger partial charge in [-0.15, -0.1) is 13.2 Å². The highest BCUT2D eigenvalue weighted by Gasteiger charge is 2.30. The third-order valence-electron chi connectivity index (χ3n) is 3.66. The Bertz CT molecular complexity index is 1060. The van der Waals surface area contributed by atoms with Crippen molar-refractivity contribution in [2.45, 2.75) is 13.3 Å². The smallest absolute Gasteiger partial charge is 0.484 e. The number of hydrogen-bond acceptors (Lipinski definition) is 5. The van der Waals surface area contributed by atoms with Crippen LogP contribution in [0.25, 0.3) is 11.0 Å². The van der Waals surface area contributed by atoms with Gasteiger partial charge >= 0.3 is 12.0 Å². The molecule has 1 aromatic heterocycles. The first kappa shape index (κ1) is 19.3. The van der Waals surface area contributed by atoms with Gasteiger partial charge in [0, 0.05) is 23.2 Å². The summed E-state index contributed by atoms with van der Waals surface area (Å²) in [5, 5.41) is 3.23. The van der Waals surface area contributed by atoms with Crippen LogP contribution in [0, 0.1) is 6.92 Å². The summed E-state index contributed by atoms with van der Waals surface area (Å²) in [5.41, 5.74) is 0.887. The number of nitrogens with one attached hydrogen (secondary N) is 1. The van der Waals surface area contributed by atoms with Crippen LogP contribution in [0.15, 0.2) is 57.7 Å². The predicted molar refractivity (Wildman–Crippen MR) is 94.5 cm³/mol. The van der Waals surface area contributed by atoms with Crippen LogP contribution in [-0.4, -0.2) is 18.9 Å². The average Bonchev–Trinajstić information content (AvgIpc) is 2.60. The van der Waals surface area contributed by atoms with E-state index in [0.717, 1.165) is 23.1 Å². The van der Waals surface area contributed by atoms with Crippen molar-refractivity contribution in [2.75, 3.05) is 11.9 Å². The maximum absolute atomic E-state index is 12.1. The normalized spacial score (nSPS) is 11.3. The van der Waals surface area contributed by atoms with E-state index in [-0.39, 0.29) is 12.3 Å². The van der Waals surface area contributed by atoms with Crippen LogP contribution in [-0.2, 0) is 4.79 Å². The number of halogens is 3. The number of fused-ring (bicyclic) bond motifs is 1. The zero-order valence-corrected chi connectivity index (χ0v) is 14.5. The number of aryl methyl sites for hydroxylation is 1. The molecule has 0 aliphatic heterocycles. The van der Waals surface area contributed by atoms with Crippen LogP contribution in [0.1, 0.15) is 5.56 Å². The second-order valence-electron chi connectivity index (χ2n) is 5.82. The summed E-state index contributed by atoms with van der Waals surface area (Å²) in [6, 6.07) is 10.9. The highest BCUT2D eigenvalue weighted by Crippen LogP contribution is 2.24. The number of carbonyl (C=O) groups excluding carboxylic acids is 1. The number of benzene rings is 2. The van der Waals surface area contributed by atoms with Crippen molar-refractivity contribution in [1.29, 1.82) is 0 Å². The number of anilines is 1. The Kier molecular flexibility index (Phi) is 5.25. The van der Waals surface area contributed by atoms with Crippen molar-refractivity contribution >= 4 is 22.6 Å². The molecule has 1 amide bonds. The van der Waals surface area contributed by atoms with E-state index in [0.29, 0.717) is 11.3 Å². The van der Waals surface area contributed by atoms with Crippen LogP contribution in [0.4, 0.5) is 18.9 Å². The lowest BCUT2D eigenvalue weighted by atomic mass is 10.1. The molecule has 0 saturated carbocycles. The number of amides is 1. The Morgan fingerprint density at radius 1 is 1.07 bits per heavy atom. The first-order chi connectivity index (χ1) is 13.2. The molecule has 0 atom stereocenters. The van der Waals surface area contributed by atoms with Crippen molar-refractivity contribution in [3.05, 3.63) is 64.5 Å². The standard InChI is InChI=1S/C19H14F3NO5/c1-11-8-18(25)27-16-9-14(6-7-15(11)16)26-10-17(24)23-12-2-4-13(5-3-12)28-19(20,21)22/h2-9H,10H2,1H3,(H,23,24). The predicted octanol–water partition coefficient (Wildman–Crippen LogP) is 4.02. The minimum atomic E-state index is -4.78. The van der Waals surface area contributed by atoms with Gasteiger partial charge in [-0.3, -0.25) is 4.79 Å². The lowest BCUT2D eigenvalue weighted by Crippen LogP contribution is -2.20. The number of rotatable bonds is 5. The van der Waals surface area contributed by atoms with Crippen molar-refractivity contribution in [1.82, 2.24) is 0 Å². The topological polar surface area (TPSA) is 77.8 Å². The van der Waals surface area contributed by atoms with Crippen LogP contribution < -0.4 is 20.4 Å². The maximum Gasteiger partial charge on any atom is 0.573 e. The van der Waals surface area contributed by atoms with Gasteiger partial charge in [0.25, 0.3) is 5.91 Å². The molecule has 0 spiro atoms. The molecule has 0 bridgehead atoms. The molecule has 1 N–H and O–H groups in total. The summed E-state index contributed by atoms with van der Waals surface area (Å²) in [7, 11) is 0. The molecule has 0 aliphatic rings. The zero-order chi connectivity index (χ0) is 20.3. The van der Waals surface area contributed by atoms with Gasteiger partial charge < -0.3 is 19.2 Å². The minimum Gasteiger partial charge on any atom is -0.484 e. The lowest BCUT2D eigenvalue weighted by molar-refractivity contribution is -0.274. The molecule has 3 aromatic rings. The fourth-order valence-electron chi connectivity index (χ4n) is 2.48. The zero-order valence-electron chi connectivity index (χ0n) is 14.5. The van der Waals surface area contributed by atoms with Crippen LogP contribution >= 0.6 is 0 Å². The van der Waals surface area contributed by atoms with Gasteiger partial charge in [0.2, 0.25) is 0 Å². The van der Waals surface area contributed by atoms with E-state index >= 15 is 0 Å². The average molecular weight is 393 g/mol. The number of alkyl halides is 3. The molecule has 1 heterocycles. The van der Waals surface area contributed by atoms with Crippen LogP contribution in [0.3, 0.4) is 0 Å². The molecule has 0 aliphatic carbocycles. The fourth-order valence-corrected chi connectivity index (χ4v) is 2.48. The Morgan fingerprint density at radius 2 is 1.75 bits per heavy atom. The molecular weight excluding hydrogens is 379 g/mol. The Balaban J connectivity index is 1.60. The quantitative estimate of drug-likeness (QED) is 0.663. The van der Waals surface area contributed by atoms with Crippen molar-refractivity contribution in [3.63, 3.8) is 0 Å². The van der Waals surface area contributed by atoms with Crippen molar-refractivity contribution in [3.8, 4) is 11.5 Å². The van der Waals surface area contributed by atoms with E-state index in [1.165, 1.54) is 24.3 Å². The van der Waals surface area contributed by atoms with E-state index in [1.807, 2.05) is 0 Å². The van der Waals surface area contributed by atoms with E-state index in [2.05, 4.69) is 10.1 Å². The summed E-state index contributed by atoms with van der Waals surface area (Å²) in [6.07, 6.45) is -4.78. The first-order valence-corrected chi connectivity index (χ1v) is 8.02. The van der Waals surface area contributed by atoms with Gasteiger partial charge in [-0.2, -0.15) is 0 Å². The molecule has 6 nitrogen and oxygen atoms in total. The number of ether oxygens (including phenoxy) is 2. The highest BCUT2D eigenvalue weighted by atomic mass is 19.4. The highest BCUT2D eigenvalue weighted by molar-refractivity contribution is 5.92. The number of hydrogen-bond donors (Lipinski definition) is 1. The fraction of sp³-hybridized carbons (Fsp3) is 0.158. The SMILES string of the molecule is Cc1cc(=O)oc2cc(OCC(=O)Nc3ccc(OC(F)(F)F)cc3)ccc12. The molecule has 3 rings (SSSR count). The van der Waals surface area contributed by atoms with Crippen LogP contribution in [0.5, 0.6) is 11.5 Å². The van der Waals surface area contributed by atoms with E-state index in [4.69, 9.17) is 9.15 Å². The van der Waals surface area contributed by atoms with E-state index < -0.39 is 23.6 Å². The summed E-state index contributed by atoms with van der Waals surface area (Å²) in [6.45, 7) is 1.43. The summed E-state index contributed by atoms with van der Waals surface area (Å²) >= 11 is 0. The largest absolute Gasteiger partial charge is 0.573 e. The summed E-state index contributed by atoms with van der Waals surface area (Å²) in [4.78, 5) is 23.4. The first-order valence-electron chi connectivity index (χ1n) is 8.02. The molecule has 0 radical (unpaired) electrons. The third-order valence-corrected chi connectivity index (χ3v) is 3.66. The molecule has 0 unspecified atom stereocenters. The molecular formula is C19H14F3NO5. The molecule has 0 fully saturated rings. The van der Waals surface area contributed by atoms with Gasteiger partial charge in [-0.25, -0.2) is 4.79 Å². The molecule has 9 heteroatoms. The maximum atomic E-state index is 12.1. The second-order valence-corrected chi connectivity index (χ2v) is 5.82. The lowest BCUT2D eigenvalue weighted by Gasteiger charge is -2.10. The van der Waals surface area contributed by atoms with Crippen molar-refractivity contribution in [2.24, 2.45) is 0 Å². The Morgan fingerprint density at radius 3 is 2.43 bits per heavy atom. The Hall–Kier alpha value is -3.49. The summed E-state index contributed by atoms with van der Waals surface area (Å²) < 4.78 is 50.6. The van der Waals surface area contributed by atoms with Crippen LogP contribution in [0.2, 0.25) is 0 Å². The molecule has 28 heavy (non-hydrogen) atoms. The monoisotopic (exact) mass is 393 g/mol. The summed E-state index contributed by atoms with van der Waals surface area (Å²) in [5.74, 6) is -0.588. The van der Waals surface area contributed by atoms with Gasteiger partial charge in [0.15, 0.2) is 6.61 Å². The van der Waals surface area contributed by atoms with E-state index in [1.54, 1.807) is 19.1 Å². The third kappa shape index (κ3) is 5.03. The van der Waals surface area contributed by atoms with Crippen molar-refractivity contribution < 1.29 is 31.9 Å². The van der Waals surface area contributed by atoms with Gasteiger partial charge in [0.1, 0.15) is 17.1 Å². The molecule has 146 valence electrons. The van der Waals surface area contributed by atoms with Gasteiger partial charge in [-0.05, 0) is 48.9 Å². The second kappa shape index (κ2) is 7.63. The van der Waals surface area contributed by atoms with E-state index in [9.17, 15) is 22.8 Å². The molecule has 0 saturated heterocycles. The number of carbonyl (C=O) groups is 1. The molecule has 2 aromatic carbocycles. The van der Waals surface area contributed by atoms with Gasteiger partial charge in [-0.1, -0.05) is 0 Å². The Labute approximate surface area is 156 Å². The van der Waals surface area contributed by atoms with Gasteiger partial charge in [0.05, 0.1) is 0 Å².